The Morgan fingerprint density at radius 1 is 1.21 bits per heavy atom. The first-order chi connectivity index (χ1) is 8.90. The highest BCUT2D eigenvalue weighted by atomic mass is 16.4. The summed E-state index contributed by atoms with van der Waals surface area (Å²) in [5.74, 6) is -1.66. The molecule has 0 spiro atoms. The molecule has 0 unspecified atom stereocenters. The van der Waals surface area contributed by atoms with Gasteiger partial charge in [-0.1, -0.05) is 12.1 Å². The van der Waals surface area contributed by atoms with Gasteiger partial charge in [0.05, 0.1) is 0 Å². The molecule has 0 aliphatic rings. The van der Waals surface area contributed by atoms with Crippen LogP contribution in [0.2, 0.25) is 0 Å². The predicted molar refractivity (Wildman–Crippen MR) is 68.5 cm³/mol. The van der Waals surface area contributed by atoms with E-state index in [2.05, 4.69) is 10.6 Å². The Labute approximate surface area is 110 Å². The molecule has 0 aliphatic carbocycles. The number of nitrogens with one attached hydrogen (secondary N) is 2. The van der Waals surface area contributed by atoms with E-state index < -0.39 is 17.9 Å². The molecule has 6 nitrogen and oxygen atoms in total. The van der Waals surface area contributed by atoms with Gasteiger partial charge in [-0.25, -0.2) is 0 Å². The van der Waals surface area contributed by atoms with Crippen LogP contribution in [-0.2, 0) is 16.1 Å². The summed E-state index contributed by atoms with van der Waals surface area (Å²) in [6.45, 7) is 3.21. The highest BCUT2D eigenvalue weighted by Crippen LogP contribution is 2.04. The molecule has 2 amide bonds. The SMILES string of the molecule is CC(=O)NCc1ccc(C(=O)N[C@H](C)C(=O)O)cc1. The first kappa shape index (κ1) is 14.7. The standard InChI is InChI=1S/C13H16N2O4/c1-8(13(18)19)15-12(17)11-5-3-10(4-6-11)7-14-9(2)16/h3-6,8H,7H2,1-2H3,(H,14,16)(H,15,17)(H,18,19)/t8-/m1/s1. The van der Waals surface area contributed by atoms with Crippen molar-refractivity contribution in [3.05, 3.63) is 35.4 Å². The molecule has 1 atom stereocenters. The van der Waals surface area contributed by atoms with Crippen molar-refractivity contribution in [2.45, 2.75) is 26.4 Å². The van der Waals surface area contributed by atoms with E-state index in [9.17, 15) is 14.4 Å². The quantitative estimate of drug-likeness (QED) is 0.722. The van der Waals surface area contributed by atoms with Gasteiger partial charge in [-0.2, -0.15) is 0 Å². The fraction of sp³-hybridized carbons (Fsp3) is 0.308. The Hall–Kier alpha value is -2.37. The lowest BCUT2D eigenvalue weighted by Crippen LogP contribution is -2.38. The summed E-state index contributed by atoms with van der Waals surface area (Å²) in [6.07, 6.45) is 0. The molecule has 6 heteroatoms. The summed E-state index contributed by atoms with van der Waals surface area (Å²) in [5.41, 5.74) is 1.23. The van der Waals surface area contributed by atoms with Gasteiger partial charge in [-0.3, -0.25) is 14.4 Å². The van der Waals surface area contributed by atoms with Crippen LogP contribution in [0, 0.1) is 0 Å². The number of carbonyl (C=O) groups is 3. The molecule has 1 rings (SSSR count). The first-order valence-electron chi connectivity index (χ1n) is 5.77. The highest BCUT2D eigenvalue weighted by molar-refractivity contribution is 5.96. The van der Waals surface area contributed by atoms with E-state index >= 15 is 0 Å². The summed E-state index contributed by atoms with van der Waals surface area (Å²) in [5, 5.41) is 13.7. The third-order valence-electron chi connectivity index (χ3n) is 2.48. The summed E-state index contributed by atoms with van der Waals surface area (Å²) < 4.78 is 0. The zero-order chi connectivity index (χ0) is 14.4. The normalized spacial score (nSPS) is 11.5. The molecule has 0 saturated carbocycles. The van der Waals surface area contributed by atoms with E-state index in [1.807, 2.05) is 0 Å². The Bertz CT molecular complexity index is 482. The van der Waals surface area contributed by atoms with Crippen molar-refractivity contribution >= 4 is 17.8 Å². The molecule has 0 aliphatic heterocycles. The van der Waals surface area contributed by atoms with Gasteiger partial charge in [0.1, 0.15) is 6.04 Å². The number of amides is 2. The van der Waals surface area contributed by atoms with Crippen LogP contribution in [0.4, 0.5) is 0 Å². The molecule has 0 fully saturated rings. The van der Waals surface area contributed by atoms with Crippen molar-refractivity contribution in [2.75, 3.05) is 0 Å². The molecule has 0 radical (unpaired) electrons. The first-order valence-corrected chi connectivity index (χ1v) is 5.77. The van der Waals surface area contributed by atoms with Gasteiger partial charge < -0.3 is 15.7 Å². The van der Waals surface area contributed by atoms with Gasteiger partial charge in [0.15, 0.2) is 0 Å². The van der Waals surface area contributed by atoms with E-state index in [-0.39, 0.29) is 5.91 Å². The smallest absolute Gasteiger partial charge is 0.325 e. The minimum atomic E-state index is -1.09. The second kappa shape index (κ2) is 6.53. The van der Waals surface area contributed by atoms with E-state index in [0.717, 1.165) is 5.56 Å². The fourth-order valence-electron chi connectivity index (χ4n) is 1.34. The third kappa shape index (κ3) is 4.79. The van der Waals surface area contributed by atoms with Crippen molar-refractivity contribution in [1.29, 1.82) is 0 Å². The van der Waals surface area contributed by atoms with Crippen molar-refractivity contribution < 1.29 is 19.5 Å². The third-order valence-corrected chi connectivity index (χ3v) is 2.48. The summed E-state index contributed by atoms with van der Waals surface area (Å²) in [4.78, 5) is 33.1. The van der Waals surface area contributed by atoms with Gasteiger partial charge in [0.2, 0.25) is 5.91 Å². The Morgan fingerprint density at radius 2 is 1.79 bits per heavy atom. The van der Waals surface area contributed by atoms with Crippen molar-refractivity contribution in [2.24, 2.45) is 0 Å². The minimum absolute atomic E-state index is 0.128. The van der Waals surface area contributed by atoms with Crippen LogP contribution in [0.25, 0.3) is 0 Å². The summed E-state index contributed by atoms with van der Waals surface area (Å²) >= 11 is 0. The molecule has 1 aromatic carbocycles. The van der Waals surface area contributed by atoms with E-state index in [4.69, 9.17) is 5.11 Å². The van der Waals surface area contributed by atoms with Gasteiger partial charge in [0, 0.05) is 19.0 Å². The monoisotopic (exact) mass is 264 g/mol. The largest absolute Gasteiger partial charge is 0.480 e. The number of hydrogen-bond donors (Lipinski definition) is 3. The topological polar surface area (TPSA) is 95.5 Å². The van der Waals surface area contributed by atoms with Crippen LogP contribution in [-0.4, -0.2) is 28.9 Å². The molecular formula is C13H16N2O4. The lowest BCUT2D eigenvalue weighted by atomic mass is 10.1. The van der Waals surface area contributed by atoms with Gasteiger partial charge in [-0.05, 0) is 24.6 Å². The number of carboxylic acid groups (broad SMARTS) is 1. The van der Waals surface area contributed by atoms with Crippen molar-refractivity contribution in [3.8, 4) is 0 Å². The maximum Gasteiger partial charge on any atom is 0.325 e. The number of carboxylic acids is 1. The van der Waals surface area contributed by atoms with Crippen LogP contribution in [0.3, 0.4) is 0 Å². The number of aliphatic carboxylic acids is 1. The Balaban J connectivity index is 2.62. The molecular weight excluding hydrogens is 248 g/mol. The zero-order valence-corrected chi connectivity index (χ0v) is 10.8. The fourth-order valence-corrected chi connectivity index (χ4v) is 1.34. The maximum absolute atomic E-state index is 11.7. The van der Waals surface area contributed by atoms with Crippen LogP contribution in [0.15, 0.2) is 24.3 Å². The van der Waals surface area contributed by atoms with E-state index in [0.29, 0.717) is 12.1 Å². The van der Waals surface area contributed by atoms with Crippen molar-refractivity contribution in [3.63, 3.8) is 0 Å². The zero-order valence-electron chi connectivity index (χ0n) is 10.8. The minimum Gasteiger partial charge on any atom is -0.480 e. The predicted octanol–water partition coefficient (Wildman–Crippen LogP) is 0.526. The number of hydrogen-bond acceptors (Lipinski definition) is 3. The molecule has 1 aromatic rings. The number of rotatable bonds is 5. The molecule has 3 N–H and O–H groups in total. The molecule has 0 saturated heterocycles. The molecule has 0 heterocycles. The second-order valence-corrected chi connectivity index (χ2v) is 4.14. The van der Waals surface area contributed by atoms with Crippen LogP contribution >= 0.6 is 0 Å². The summed E-state index contributed by atoms with van der Waals surface area (Å²) in [6, 6.07) is 5.64. The van der Waals surface area contributed by atoms with Crippen LogP contribution in [0.1, 0.15) is 29.8 Å². The molecule has 19 heavy (non-hydrogen) atoms. The average Bonchev–Trinajstić information content (AvgIpc) is 2.36. The van der Waals surface area contributed by atoms with Crippen LogP contribution < -0.4 is 10.6 Å². The average molecular weight is 264 g/mol. The number of benzene rings is 1. The lowest BCUT2D eigenvalue weighted by molar-refractivity contribution is -0.138. The second-order valence-electron chi connectivity index (χ2n) is 4.14. The van der Waals surface area contributed by atoms with Gasteiger partial charge >= 0.3 is 5.97 Å². The molecule has 0 bridgehead atoms. The van der Waals surface area contributed by atoms with E-state index in [1.165, 1.54) is 13.8 Å². The number of carbonyl (C=O) groups excluding carboxylic acids is 2. The molecule has 0 aromatic heterocycles. The van der Waals surface area contributed by atoms with E-state index in [1.54, 1.807) is 24.3 Å². The summed E-state index contributed by atoms with van der Waals surface area (Å²) in [7, 11) is 0. The Morgan fingerprint density at radius 3 is 2.26 bits per heavy atom. The Kier molecular flexibility index (Phi) is 5.05. The highest BCUT2D eigenvalue weighted by Gasteiger charge is 2.14. The maximum atomic E-state index is 11.7. The van der Waals surface area contributed by atoms with Crippen molar-refractivity contribution in [1.82, 2.24) is 10.6 Å². The van der Waals surface area contributed by atoms with Crippen LogP contribution in [0.5, 0.6) is 0 Å². The lowest BCUT2D eigenvalue weighted by Gasteiger charge is -2.09. The molecule has 102 valence electrons. The van der Waals surface area contributed by atoms with Gasteiger partial charge in [0.25, 0.3) is 5.91 Å². The van der Waals surface area contributed by atoms with Gasteiger partial charge in [-0.15, -0.1) is 0 Å².